The summed E-state index contributed by atoms with van der Waals surface area (Å²) in [6, 6.07) is 10.8. The van der Waals surface area contributed by atoms with Gasteiger partial charge in [-0.3, -0.25) is 4.79 Å². The van der Waals surface area contributed by atoms with Gasteiger partial charge in [-0.15, -0.1) is 0 Å². The van der Waals surface area contributed by atoms with E-state index in [4.69, 9.17) is 0 Å². The number of benzene rings is 1. The van der Waals surface area contributed by atoms with Gasteiger partial charge in [0, 0.05) is 12.1 Å². The first-order chi connectivity index (χ1) is 4.43. The molecule has 0 saturated carbocycles. The number of anilines is 1. The molecule has 0 bridgehead atoms. The van der Waals surface area contributed by atoms with Crippen molar-refractivity contribution in [3.63, 3.8) is 0 Å². The number of rotatable bonds is 2. The van der Waals surface area contributed by atoms with E-state index in [2.05, 4.69) is 17.4 Å². The van der Waals surface area contributed by atoms with E-state index in [1.54, 1.807) is 18.2 Å². The molecule has 1 rings (SSSR count). The van der Waals surface area contributed by atoms with Crippen molar-refractivity contribution in [2.24, 2.45) is 0 Å². The van der Waals surface area contributed by atoms with Crippen LogP contribution in [0.5, 0.6) is 0 Å². The van der Waals surface area contributed by atoms with Gasteiger partial charge in [-0.05, 0) is 0 Å². The lowest BCUT2D eigenvalue weighted by molar-refractivity contribution is -0.105. The molecule has 9 heavy (non-hydrogen) atoms. The summed E-state index contributed by atoms with van der Waals surface area (Å²) in [6.07, 6.45) is 0.600. The van der Waals surface area contributed by atoms with Crippen LogP contribution in [0.4, 0.5) is 5.69 Å². The maximum Gasteiger partial charge on any atom is 0.211 e. The van der Waals surface area contributed by atoms with Gasteiger partial charge in [0.25, 0.3) is 0 Å². The third-order valence-corrected chi connectivity index (χ3v) is 0.851. The predicted molar refractivity (Wildman–Crippen MR) is 33.8 cm³/mol. The molecule has 1 N–H and O–H groups in total. The quantitative estimate of drug-likeness (QED) is 0.574. The first-order valence-electron chi connectivity index (χ1n) is 2.52. The molecule has 0 aliphatic rings. The Bertz CT molecular complexity index is 183. The van der Waals surface area contributed by atoms with E-state index in [1.165, 1.54) is 0 Å². The van der Waals surface area contributed by atoms with Crippen LogP contribution in [0.3, 0.4) is 0 Å². The summed E-state index contributed by atoms with van der Waals surface area (Å²) < 4.78 is 0. The van der Waals surface area contributed by atoms with Crippen molar-refractivity contribution in [2.75, 3.05) is 5.32 Å². The Hall–Kier alpha value is -1.31. The number of hydrogen-bond acceptors (Lipinski definition) is 1. The minimum Gasteiger partial charge on any atom is -0.328 e. The fraction of sp³-hybridized carbons (Fsp3) is 0. The minimum atomic E-state index is 0.576. The van der Waals surface area contributed by atoms with Gasteiger partial charge in [-0.25, -0.2) is 0 Å². The molecule has 0 unspecified atom stereocenters. The third-order valence-electron chi connectivity index (χ3n) is 0.851. The first kappa shape index (κ1) is 5.82. The Kier molecular flexibility index (Phi) is 1.85. The van der Waals surface area contributed by atoms with Crippen molar-refractivity contribution < 1.29 is 4.79 Å². The lowest BCUT2D eigenvalue weighted by atomic mass is 10.3. The van der Waals surface area contributed by atoms with Crippen LogP contribution >= 0.6 is 0 Å². The molecule has 1 aromatic carbocycles. The average molecular weight is 119 g/mol. The zero-order valence-corrected chi connectivity index (χ0v) is 4.72. The van der Waals surface area contributed by atoms with Crippen molar-refractivity contribution >= 4 is 12.1 Å². The fourth-order valence-corrected chi connectivity index (χ4v) is 0.495. The zero-order valence-electron chi connectivity index (χ0n) is 4.72. The molecule has 0 aliphatic carbocycles. The van der Waals surface area contributed by atoms with Crippen LogP contribution in [0.15, 0.2) is 18.2 Å². The summed E-state index contributed by atoms with van der Waals surface area (Å²) in [7, 11) is 0. The van der Waals surface area contributed by atoms with E-state index in [1.807, 2.05) is 0 Å². The number of nitrogens with one attached hydrogen (secondary N) is 1. The molecule has 2 radical (unpaired) electrons. The van der Waals surface area contributed by atoms with Crippen molar-refractivity contribution in [1.82, 2.24) is 0 Å². The SMILES string of the molecule is O=CNc1[c]ccc[c]1. The summed E-state index contributed by atoms with van der Waals surface area (Å²) >= 11 is 0. The van der Waals surface area contributed by atoms with Crippen LogP contribution in [0, 0.1) is 12.1 Å². The topological polar surface area (TPSA) is 29.1 Å². The van der Waals surface area contributed by atoms with Crippen molar-refractivity contribution in [2.45, 2.75) is 0 Å². The monoisotopic (exact) mass is 119 g/mol. The number of carbonyl (C=O) groups is 1. The molecule has 0 aromatic heterocycles. The van der Waals surface area contributed by atoms with Crippen LogP contribution in [-0.2, 0) is 4.79 Å². The van der Waals surface area contributed by atoms with Gasteiger partial charge in [0.15, 0.2) is 0 Å². The molecule has 2 heteroatoms. The van der Waals surface area contributed by atoms with Gasteiger partial charge < -0.3 is 5.32 Å². The summed E-state index contributed by atoms with van der Waals surface area (Å²) in [5.74, 6) is 0. The Balaban J connectivity index is 2.72. The summed E-state index contributed by atoms with van der Waals surface area (Å²) in [5, 5.41) is 2.42. The van der Waals surface area contributed by atoms with Crippen LogP contribution in [0.25, 0.3) is 0 Å². The van der Waals surface area contributed by atoms with E-state index in [-0.39, 0.29) is 0 Å². The number of hydrogen-bond donors (Lipinski definition) is 1. The highest BCUT2D eigenvalue weighted by molar-refractivity contribution is 5.69. The van der Waals surface area contributed by atoms with Crippen molar-refractivity contribution in [1.29, 1.82) is 0 Å². The van der Waals surface area contributed by atoms with Crippen LogP contribution in [0.1, 0.15) is 0 Å². The Labute approximate surface area is 53.5 Å². The first-order valence-corrected chi connectivity index (χ1v) is 2.52. The maximum atomic E-state index is 9.82. The highest BCUT2D eigenvalue weighted by atomic mass is 16.1. The lowest BCUT2D eigenvalue weighted by Gasteiger charge is -1.91. The molecule has 0 spiro atoms. The van der Waals surface area contributed by atoms with E-state index in [0.717, 1.165) is 0 Å². The van der Waals surface area contributed by atoms with E-state index in [9.17, 15) is 4.79 Å². The van der Waals surface area contributed by atoms with Gasteiger partial charge in [0.1, 0.15) is 0 Å². The van der Waals surface area contributed by atoms with Crippen LogP contribution in [-0.4, -0.2) is 6.41 Å². The van der Waals surface area contributed by atoms with Crippen molar-refractivity contribution in [3.05, 3.63) is 30.3 Å². The summed E-state index contributed by atoms with van der Waals surface area (Å²) in [6.45, 7) is 0. The van der Waals surface area contributed by atoms with Gasteiger partial charge in [-0.1, -0.05) is 18.2 Å². The van der Waals surface area contributed by atoms with Gasteiger partial charge in [0.2, 0.25) is 6.41 Å². The van der Waals surface area contributed by atoms with Gasteiger partial charge in [-0.2, -0.15) is 0 Å². The highest BCUT2D eigenvalue weighted by Crippen LogP contribution is 1.99. The van der Waals surface area contributed by atoms with Gasteiger partial charge in [0.05, 0.1) is 5.69 Å². The van der Waals surface area contributed by atoms with E-state index in [0.29, 0.717) is 12.1 Å². The van der Waals surface area contributed by atoms with E-state index < -0.39 is 0 Å². The molecule has 1 amide bonds. The third kappa shape index (κ3) is 1.57. The molecule has 1 aromatic rings. The standard InChI is InChI=1S/C7H5NO/c9-6-8-7-4-2-1-3-5-7/h1-3,6H,(H,8,9). The highest BCUT2D eigenvalue weighted by Gasteiger charge is 1.83. The molecule has 44 valence electrons. The molecular formula is C7H5NO. The fourth-order valence-electron chi connectivity index (χ4n) is 0.495. The molecular weight excluding hydrogens is 114 g/mol. The molecule has 0 fully saturated rings. The normalized spacial score (nSPS) is 8.44. The summed E-state index contributed by atoms with van der Waals surface area (Å²) in [4.78, 5) is 9.82. The second-order valence-electron chi connectivity index (χ2n) is 1.45. The Morgan fingerprint density at radius 1 is 1.44 bits per heavy atom. The Morgan fingerprint density at radius 2 is 2.11 bits per heavy atom. The number of amides is 1. The predicted octanol–water partition coefficient (Wildman–Crippen LogP) is 0.855. The molecule has 0 atom stereocenters. The Morgan fingerprint density at radius 3 is 2.67 bits per heavy atom. The molecule has 0 saturated heterocycles. The molecule has 0 heterocycles. The van der Waals surface area contributed by atoms with Crippen LogP contribution in [0.2, 0.25) is 0 Å². The molecule has 2 nitrogen and oxygen atoms in total. The van der Waals surface area contributed by atoms with Crippen LogP contribution < -0.4 is 5.32 Å². The molecule has 0 aliphatic heterocycles. The second kappa shape index (κ2) is 2.87. The average Bonchev–Trinajstić information content (AvgIpc) is 1.91. The summed E-state index contributed by atoms with van der Waals surface area (Å²) in [5.41, 5.74) is 0.576. The second-order valence-corrected chi connectivity index (χ2v) is 1.45. The maximum absolute atomic E-state index is 9.82. The minimum absolute atomic E-state index is 0.576. The number of para-hydroxylation sites is 1. The lowest BCUT2D eigenvalue weighted by Crippen LogP contribution is -1.92. The number of carbonyl (C=O) groups excluding carboxylic acids is 1. The largest absolute Gasteiger partial charge is 0.328 e. The zero-order chi connectivity index (χ0) is 6.53. The van der Waals surface area contributed by atoms with E-state index >= 15 is 0 Å². The van der Waals surface area contributed by atoms with Gasteiger partial charge >= 0.3 is 0 Å². The van der Waals surface area contributed by atoms with Crippen molar-refractivity contribution in [3.8, 4) is 0 Å². The smallest absolute Gasteiger partial charge is 0.211 e.